The van der Waals surface area contributed by atoms with E-state index in [0.717, 1.165) is 35.1 Å². The number of para-hydroxylation sites is 1. The Balaban J connectivity index is 1.52. The number of carbonyl (C=O) groups is 3. The van der Waals surface area contributed by atoms with E-state index in [1.165, 1.54) is 0 Å². The van der Waals surface area contributed by atoms with E-state index in [1.54, 1.807) is 4.90 Å². The first-order valence-electron chi connectivity index (χ1n) is 16.5. The zero-order valence-corrected chi connectivity index (χ0v) is 27.6. The van der Waals surface area contributed by atoms with Crippen LogP contribution in [0.3, 0.4) is 0 Å². The molecule has 0 spiro atoms. The monoisotopic (exact) mass is 627 g/mol. The topological polar surface area (TPSA) is 108 Å². The van der Waals surface area contributed by atoms with Gasteiger partial charge in [0.1, 0.15) is 11.8 Å². The van der Waals surface area contributed by atoms with Crippen LogP contribution in [0, 0.1) is 19.8 Å². The third-order valence-electron chi connectivity index (χ3n) is 8.66. The van der Waals surface area contributed by atoms with Gasteiger partial charge in [0.15, 0.2) is 6.61 Å². The Bertz CT molecular complexity index is 1410. The lowest BCUT2D eigenvalue weighted by atomic mass is 9.92. The van der Waals surface area contributed by atoms with Gasteiger partial charge in [0.25, 0.3) is 5.91 Å². The summed E-state index contributed by atoms with van der Waals surface area (Å²) in [4.78, 5) is 41.6. The molecule has 0 saturated carbocycles. The van der Waals surface area contributed by atoms with E-state index in [1.807, 2.05) is 107 Å². The Morgan fingerprint density at radius 2 is 1.46 bits per heavy atom. The van der Waals surface area contributed by atoms with E-state index >= 15 is 0 Å². The van der Waals surface area contributed by atoms with Gasteiger partial charge >= 0.3 is 0 Å². The number of hydrogen-bond acceptors (Lipinski definition) is 5. The maximum absolute atomic E-state index is 13.9. The lowest BCUT2D eigenvalue weighted by molar-refractivity contribution is -0.144. The van der Waals surface area contributed by atoms with Gasteiger partial charge in [-0.3, -0.25) is 14.4 Å². The Morgan fingerprint density at radius 3 is 2.04 bits per heavy atom. The summed E-state index contributed by atoms with van der Waals surface area (Å²) in [6.07, 6.45) is 2.29. The van der Waals surface area contributed by atoms with Gasteiger partial charge in [-0.2, -0.15) is 0 Å². The van der Waals surface area contributed by atoms with Crippen molar-refractivity contribution in [2.75, 3.05) is 13.2 Å². The summed E-state index contributed by atoms with van der Waals surface area (Å²) >= 11 is 0. The zero-order valence-electron chi connectivity index (χ0n) is 27.6. The lowest BCUT2D eigenvalue weighted by Crippen LogP contribution is -2.56. The van der Waals surface area contributed by atoms with E-state index in [0.29, 0.717) is 31.6 Å². The predicted molar refractivity (Wildman–Crippen MR) is 180 cm³/mol. The molecule has 246 valence electrons. The molecular weight excluding hydrogens is 578 g/mol. The van der Waals surface area contributed by atoms with E-state index in [-0.39, 0.29) is 36.7 Å². The van der Waals surface area contributed by atoms with Crippen LogP contribution in [0.4, 0.5) is 0 Å². The van der Waals surface area contributed by atoms with Gasteiger partial charge in [-0.25, -0.2) is 0 Å². The largest absolute Gasteiger partial charge is 0.483 e. The fourth-order valence-electron chi connectivity index (χ4n) is 6.32. The van der Waals surface area contributed by atoms with Gasteiger partial charge in [0, 0.05) is 19.0 Å². The van der Waals surface area contributed by atoms with E-state index < -0.39 is 24.2 Å². The van der Waals surface area contributed by atoms with Crippen LogP contribution in [0.2, 0.25) is 0 Å². The number of aliphatic hydroxyl groups excluding tert-OH is 1. The molecule has 3 aromatic carbocycles. The summed E-state index contributed by atoms with van der Waals surface area (Å²) < 4.78 is 5.91. The van der Waals surface area contributed by atoms with Crippen molar-refractivity contribution >= 4 is 17.7 Å². The summed E-state index contributed by atoms with van der Waals surface area (Å²) in [7, 11) is 0. The number of aliphatic hydroxyl groups is 1. The molecule has 0 aliphatic carbocycles. The van der Waals surface area contributed by atoms with Crippen LogP contribution in [-0.4, -0.2) is 65.1 Å². The number of benzene rings is 3. The van der Waals surface area contributed by atoms with Crippen molar-refractivity contribution in [1.82, 2.24) is 15.5 Å². The molecule has 1 fully saturated rings. The number of carbonyl (C=O) groups excluding carboxylic acids is 3. The number of ether oxygens (including phenoxy) is 1. The highest BCUT2D eigenvalue weighted by Crippen LogP contribution is 2.23. The quantitative estimate of drug-likeness (QED) is 0.222. The summed E-state index contributed by atoms with van der Waals surface area (Å²) in [5.74, 6) is 0.0500. The van der Waals surface area contributed by atoms with Crippen LogP contribution in [-0.2, 0) is 27.2 Å². The first-order valence-corrected chi connectivity index (χ1v) is 16.5. The van der Waals surface area contributed by atoms with Crippen molar-refractivity contribution in [3.63, 3.8) is 0 Å². The third kappa shape index (κ3) is 9.91. The lowest BCUT2D eigenvalue weighted by Gasteiger charge is -2.37. The van der Waals surface area contributed by atoms with E-state index in [9.17, 15) is 19.5 Å². The number of nitrogens with one attached hydrogen (secondary N) is 2. The minimum absolute atomic E-state index is 0.00786. The van der Waals surface area contributed by atoms with Crippen molar-refractivity contribution in [1.29, 1.82) is 0 Å². The van der Waals surface area contributed by atoms with E-state index in [4.69, 9.17) is 4.74 Å². The van der Waals surface area contributed by atoms with Gasteiger partial charge in [-0.1, -0.05) is 92.7 Å². The standard InChI is InChI=1S/C38H49N3O5/c1-26(2)36(41-21-12-11-20-35(41)44)38(45)39-31(22-29-16-7-5-8-17-29)24-33(42)32(23-30-18-9-6-10-19-30)40-34(43)25-46-37-27(3)14-13-15-28(37)4/h5-10,13-19,26,31-33,36,42H,11-12,20-25H2,1-4H3,(H,39,45)(H,40,43). The molecule has 1 aliphatic rings. The highest BCUT2D eigenvalue weighted by Gasteiger charge is 2.35. The Hall–Kier alpha value is -4.17. The first-order chi connectivity index (χ1) is 22.1. The minimum Gasteiger partial charge on any atom is -0.483 e. The molecule has 3 amide bonds. The summed E-state index contributed by atoms with van der Waals surface area (Å²) in [5, 5.41) is 17.9. The van der Waals surface area contributed by atoms with Crippen LogP contribution in [0.5, 0.6) is 5.75 Å². The van der Waals surface area contributed by atoms with Crippen LogP contribution >= 0.6 is 0 Å². The SMILES string of the molecule is Cc1cccc(C)c1OCC(=O)NC(Cc1ccccc1)C(O)CC(Cc1ccccc1)NC(=O)C(C(C)C)N1CCCCC1=O. The molecule has 0 bridgehead atoms. The Morgan fingerprint density at radius 1 is 0.848 bits per heavy atom. The highest BCUT2D eigenvalue weighted by molar-refractivity contribution is 5.88. The number of rotatable bonds is 15. The number of amides is 3. The molecule has 1 heterocycles. The second kappa shape index (κ2) is 16.9. The fraction of sp³-hybridized carbons (Fsp3) is 0.447. The van der Waals surface area contributed by atoms with Crippen LogP contribution < -0.4 is 15.4 Å². The average Bonchev–Trinajstić information content (AvgIpc) is 3.02. The molecule has 4 rings (SSSR count). The molecule has 46 heavy (non-hydrogen) atoms. The van der Waals surface area contributed by atoms with Crippen molar-refractivity contribution < 1.29 is 24.2 Å². The predicted octanol–water partition coefficient (Wildman–Crippen LogP) is 4.93. The molecule has 4 unspecified atom stereocenters. The molecule has 8 nitrogen and oxygen atoms in total. The summed E-state index contributed by atoms with van der Waals surface area (Å²) in [5.41, 5.74) is 3.87. The fourth-order valence-corrected chi connectivity index (χ4v) is 6.32. The molecule has 0 aromatic heterocycles. The molecule has 3 N–H and O–H groups in total. The molecular formula is C38H49N3O5. The van der Waals surface area contributed by atoms with Crippen LogP contribution in [0.15, 0.2) is 78.9 Å². The van der Waals surface area contributed by atoms with Crippen molar-refractivity contribution in [3.8, 4) is 5.75 Å². The van der Waals surface area contributed by atoms with Crippen molar-refractivity contribution in [3.05, 3.63) is 101 Å². The first kappa shape index (κ1) is 34.7. The zero-order chi connectivity index (χ0) is 33.1. The third-order valence-corrected chi connectivity index (χ3v) is 8.66. The smallest absolute Gasteiger partial charge is 0.258 e. The number of hydrogen-bond donors (Lipinski definition) is 3. The van der Waals surface area contributed by atoms with Crippen molar-refractivity contribution in [2.24, 2.45) is 5.92 Å². The number of nitrogens with zero attached hydrogens (tertiary/aromatic N) is 1. The molecule has 4 atom stereocenters. The second-order valence-electron chi connectivity index (χ2n) is 12.8. The molecule has 0 radical (unpaired) electrons. The maximum Gasteiger partial charge on any atom is 0.258 e. The maximum atomic E-state index is 13.9. The minimum atomic E-state index is -0.979. The van der Waals surface area contributed by atoms with Crippen LogP contribution in [0.25, 0.3) is 0 Å². The number of likely N-dealkylation sites (tertiary alicyclic amines) is 1. The Kier molecular flexibility index (Phi) is 12.8. The number of piperidine rings is 1. The van der Waals surface area contributed by atoms with Gasteiger partial charge in [0.05, 0.1) is 12.1 Å². The molecule has 3 aromatic rings. The summed E-state index contributed by atoms with van der Waals surface area (Å²) in [6.45, 7) is 8.17. The second-order valence-corrected chi connectivity index (χ2v) is 12.8. The highest BCUT2D eigenvalue weighted by atomic mass is 16.5. The van der Waals surface area contributed by atoms with Crippen molar-refractivity contribution in [2.45, 2.75) is 90.4 Å². The Labute approximate surface area is 273 Å². The molecule has 1 saturated heterocycles. The normalized spacial score (nSPS) is 16.0. The van der Waals surface area contributed by atoms with Gasteiger partial charge < -0.3 is 25.4 Å². The van der Waals surface area contributed by atoms with E-state index in [2.05, 4.69) is 10.6 Å². The number of aryl methyl sites for hydroxylation is 2. The van der Waals surface area contributed by atoms with Gasteiger partial charge in [-0.15, -0.1) is 0 Å². The molecule has 8 heteroatoms. The summed E-state index contributed by atoms with van der Waals surface area (Å²) in [6, 6.07) is 23.7. The average molecular weight is 628 g/mol. The van der Waals surface area contributed by atoms with Gasteiger partial charge in [0.2, 0.25) is 11.8 Å². The van der Waals surface area contributed by atoms with Crippen LogP contribution in [0.1, 0.15) is 61.8 Å². The van der Waals surface area contributed by atoms with Gasteiger partial charge in [-0.05, 0) is 74.1 Å². The molecule has 1 aliphatic heterocycles.